The summed E-state index contributed by atoms with van der Waals surface area (Å²) in [5.74, 6) is 0. The molecule has 0 fully saturated rings. The summed E-state index contributed by atoms with van der Waals surface area (Å²) in [5.41, 5.74) is 0.684. The summed E-state index contributed by atoms with van der Waals surface area (Å²) in [6.07, 6.45) is -4.44. The van der Waals surface area contributed by atoms with Crippen LogP contribution in [0.3, 0.4) is 0 Å². The Balaban J connectivity index is 2.16. The first-order chi connectivity index (χ1) is 9.27. The van der Waals surface area contributed by atoms with Crippen LogP contribution in [0, 0.1) is 13.8 Å². The third-order valence-corrected chi connectivity index (χ3v) is 4.24. The van der Waals surface area contributed by atoms with E-state index in [2.05, 4.69) is 5.32 Å². The third-order valence-electron chi connectivity index (χ3n) is 2.90. The van der Waals surface area contributed by atoms with E-state index in [0.29, 0.717) is 12.2 Å². The van der Waals surface area contributed by atoms with Gasteiger partial charge in [0.05, 0.1) is 10.6 Å². The molecule has 2 aromatic rings. The minimum absolute atomic E-state index is 0.286. The second-order valence-electron chi connectivity index (χ2n) is 4.48. The number of alkyl halides is 3. The van der Waals surface area contributed by atoms with Crippen molar-refractivity contribution < 1.29 is 13.2 Å². The van der Waals surface area contributed by atoms with E-state index in [9.17, 15) is 13.2 Å². The summed E-state index contributed by atoms with van der Waals surface area (Å²) in [7, 11) is 0. The van der Waals surface area contributed by atoms with Crippen LogP contribution in [0.4, 0.5) is 18.9 Å². The lowest BCUT2D eigenvalue weighted by atomic mass is 10.2. The Hall–Kier alpha value is -1.20. The lowest BCUT2D eigenvalue weighted by molar-refractivity contribution is -0.137. The highest BCUT2D eigenvalue weighted by Gasteiger charge is 2.33. The van der Waals surface area contributed by atoms with E-state index in [1.54, 1.807) is 17.4 Å². The van der Waals surface area contributed by atoms with Crippen molar-refractivity contribution in [2.75, 3.05) is 5.32 Å². The lowest BCUT2D eigenvalue weighted by Gasteiger charge is -2.12. The zero-order chi connectivity index (χ0) is 14.9. The number of thiophene rings is 1. The zero-order valence-electron chi connectivity index (χ0n) is 10.9. The molecule has 6 heteroatoms. The molecule has 1 heterocycles. The Morgan fingerprint density at radius 1 is 1.20 bits per heavy atom. The normalized spacial score (nSPS) is 11.7. The summed E-state index contributed by atoms with van der Waals surface area (Å²) >= 11 is 7.25. The Labute approximate surface area is 124 Å². The van der Waals surface area contributed by atoms with Gasteiger partial charge in [-0.3, -0.25) is 0 Å². The molecule has 0 saturated heterocycles. The fraction of sp³-hybridized carbons (Fsp3) is 0.286. The molecule has 1 N–H and O–H groups in total. The molecule has 1 aromatic heterocycles. The van der Waals surface area contributed by atoms with Crippen LogP contribution in [0.5, 0.6) is 0 Å². The van der Waals surface area contributed by atoms with Crippen LogP contribution in [0.1, 0.15) is 20.9 Å². The maximum Gasteiger partial charge on any atom is 0.417 e. The maximum absolute atomic E-state index is 12.7. The van der Waals surface area contributed by atoms with E-state index in [1.165, 1.54) is 15.8 Å². The molecular formula is C14H13ClF3NS. The second kappa shape index (κ2) is 5.66. The number of aryl methyl sites for hydroxylation is 2. The highest BCUT2D eigenvalue weighted by molar-refractivity contribution is 7.12. The minimum atomic E-state index is -4.44. The smallest absolute Gasteiger partial charge is 0.381 e. The molecule has 0 aliphatic rings. The van der Waals surface area contributed by atoms with E-state index >= 15 is 0 Å². The molecule has 2 rings (SSSR count). The Morgan fingerprint density at radius 2 is 1.90 bits per heavy atom. The average molecular weight is 320 g/mol. The fourth-order valence-corrected chi connectivity index (χ4v) is 3.08. The van der Waals surface area contributed by atoms with Crippen LogP contribution in [0.15, 0.2) is 24.3 Å². The van der Waals surface area contributed by atoms with Crippen LogP contribution in [-0.4, -0.2) is 0 Å². The quantitative estimate of drug-likeness (QED) is 0.771. The maximum atomic E-state index is 12.7. The number of hydrogen-bond donors (Lipinski definition) is 1. The van der Waals surface area contributed by atoms with Crippen LogP contribution < -0.4 is 5.32 Å². The molecule has 108 valence electrons. The molecule has 0 amide bonds. The van der Waals surface area contributed by atoms with Crippen molar-refractivity contribution in [3.63, 3.8) is 0 Å². The van der Waals surface area contributed by atoms with Gasteiger partial charge in [-0.15, -0.1) is 11.3 Å². The molecule has 20 heavy (non-hydrogen) atoms. The molecule has 1 nitrogen and oxygen atoms in total. The van der Waals surface area contributed by atoms with Gasteiger partial charge in [0, 0.05) is 22.0 Å². The standard InChI is InChI=1S/C14H13ClF3NS/c1-8-5-10(9(2)20-8)7-19-11-3-4-13(15)12(6-11)14(16,17)18/h3-6,19H,7H2,1-2H3. The van der Waals surface area contributed by atoms with Crippen molar-refractivity contribution in [3.05, 3.63) is 50.2 Å². The predicted molar refractivity (Wildman–Crippen MR) is 77.6 cm³/mol. The monoisotopic (exact) mass is 319 g/mol. The number of rotatable bonds is 3. The summed E-state index contributed by atoms with van der Waals surface area (Å²) in [6.45, 7) is 4.50. The van der Waals surface area contributed by atoms with Gasteiger partial charge in [-0.25, -0.2) is 0 Å². The Morgan fingerprint density at radius 3 is 2.45 bits per heavy atom. The number of halogens is 4. The van der Waals surface area contributed by atoms with Gasteiger partial charge in [0.15, 0.2) is 0 Å². The molecule has 0 atom stereocenters. The summed E-state index contributed by atoms with van der Waals surface area (Å²) in [4.78, 5) is 2.35. The Kier molecular flexibility index (Phi) is 4.30. The van der Waals surface area contributed by atoms with E-state index in [4.69, 9.17) is 11.6 Å². The minimum Gasteiger partial charge on any atom is -0.381 e. The van der Waals surface area contributed by atoms with E-state index in [-0.39, 0.29) is 5.02 Å². The van der Waals surface area contributed by atoms with Crippen molar-refractivity contribution in [1.29, 1.82) is 0 Å². The molecule has 1 aromatic carbocycles. The highest BCUT2D eigenvalue weighted by atomic mass is 35.5. The van der Waals surface area contributed by atoms with Crippen molar-refractivity contribution in [2.45, 2.75) is 26.6 Å². The number of benzene rings is 1. The summed E-state index contributed by atoms with van der Waals surface area (Å²) in [6, 6.07) is 5.88. The van der Waals surface area contributed by atoms with Gasteiger partial charge in [0.25, 0.3) is 0 Å². The van der Waals surface area contributed by atoms with E-state index in [0.717, 1.165) is 11.6 Å². The third kappa shape index (κ3) is 3.46. The zero-order valence-corrected chi connectivity index (χ0v) is 12.5. The molecule has 0 unspecified atom stereocenters. The Bertz CT molecular complexity index is 619. The first-order valence-corrected chi connectivity index (χ1v) is 7.13. The summed E-state index contributed by atoms with van der Waals surface area (Å²) < 4.78 is 38.2. The second-order valence-corrected chi connectivity index (χ2v) is 6.35. The van der Waals surface area contributed by atoms with Crippen molar-refractivity contribution in [1.82, 2.24) is 0 Å². The molecular weight excluding hydrogens is 307 g/mol. The molecule has 0 radical (unpaired) electrons. The molecule has 0 aliphatic carbocycles. The average Bonchev–Trinajstić information content (AvgIpc) is 2.65. The first-order valence-electron chi connectivity index (χ1n) is 5.94. The number of hydrogen-bond acceptors (Lipinski definition) is 2. The van der Waals surface area contributed by atoms with Crippen molar-refractivity contribution in [3.8, 4) is 0 Å². The van der Waals surface area contributed by atoms with Gasteiger partial charge < -0.3 is 5.32 Å². The number of anilines is 1. The molecule has 0 saturated carbocycles. The van der Waals surface area contributed by atoms with Gasteiger partial charge in [-0.1, -0.05) is 11.6 Å². The molecule has 0 bridgehead atoms. The lowest BCUT2D eigenvalue weighted by Crippen LogP contribution is -2.07. The van der Waals surface area contributed by atoms with Gasteiger partial charge >= 0.3 is 6.18 Å². The van der Waals surface area contributed by atoms with Crippen molar-refractivity contribution in [2.24, 2.45) is 0 Å². The SMILES string of the molecule is Cc1cc(CNc2ccc(Cl)c(C(F)(F)F)c2)c(C)s1. The van der Waals surface area contributed by atoms with E-state index in [1.807, 2.05) is 19.9 Å². The predicted octanol–water partition coefficient (Wildman–Crippen LogP) is 5.65. The van der Waals surface area contributed by atoms with Crippen LogP contribution in [0.25, 0.3) is 0 Å². The first kappa shape index (κ1) is 15.2. The van der Waals surface area contributed by atoms with Crippen molar-refractivity contribution >= 4 is 28.6 Å². The fourth-order valence-electron chi connectivity index (χ4n) is 1.91. The topological polar surface area (TPSA) is 12.0 Å². The summed E-state index contributed by atoms with van der Waals surface area (Å²) in [5, 5.41) is 2.72. The highest BCUT2D eigenvalue weighted by Crippen LogP contribution is 2.36. The largest absolute Gasteiger partial charge is 0.417 e. The van der Waals surface area contributed by atoms with E-state index < -0.39 is 11.7 Å². The van der Waals surface area contributed by atoms with Crippen LogP contribution in [0.2, 0.25) is 5.02 Å². The van der Waals surface area contributed by atoms with Gasteiger partial charge in [0.1, 0.15) is 0 Å². The van der Waals surface area contributed by atoms with Gasteiger partial charge in [-0.2, -0.15) is 13.2 Å². The van der Waals surface area contributed by atoms with Crippen LogP contribution >= 0.6 is 22.9 Å². The molecule has 0 spiro atoms. The van der Waals surface area contributed by atoms with Gasteiger partial charge in [0.2, 0.25) is 0 Å². The molecule has 0 aliphatic heterocycles. The number of nitrogens with one attached hydrogen (secondary N) is 1. The van der Waals surface area contributed by atoms with Gasteiger partial charge in [-0.05, 0) is 43.7 Å². The van der Waals surface area contributed by atoms with Crippen LogP contribution in [-0.2, 0) is 12.7 Å².